The number of methoxy groups -OCH3 is 1. The summed E-state index contributed by atoms with van der Waals surface area (Å²) in [6.07, 6.45) is 0. The van der Waals surface area contributed by atoms with Crippen LogP contribution >= 0.6 is 0 Å². The Morgan fingerprint density at radius 3 is 2.06 bits per heavy atom. The van der Waals surface area contributed by atoms with Gasteiger partial charge in [0, 0.05) is 31.7 Å². The van der Waals surface area contributed by atoms with Crippen molar-refractivity contribution in [1.29, 1.82) is 0 Å². The van der Waals surface area contributed by atoms with E-state index in [1.54, 1.807) is 46.2 Å². The molecule has 1 aliphatic heterocycles. The number of carbonyl (C=O) groups is 3. The van der Waals surface area contributed by atoms with E-state index < -0.39 is 6.04 Å². The van der Waals surface area contributed by atoms with Gasteiger partial charge in [-0.15, -0.1) is 0 Å². The van der Waals surface area contributed by atoms with E-state index >= 15 is 0 Å². The summed E-state index contributed by atoms with van der Waals surface area (Å²) in [4.78, 5) is 42.1. The Bertz CT molecular complexity index is 921. The number of benzene rings is 2. The standard InChI is InChI=1S/C24H29N3O4/c1-17(2)21(25-22(28)19-11-7-8-12-20(19)31-3)24(30)27-15-13-26(14-16-27)23(29)18-9-5-4-6-10-18/h4-12,17,21H,13-16H2,1-3H3,(H,25,28)/t21-/m0/s1. The Balaban J connectivity index is 1.63. The highest BCUT2D eigenvalue weighted by atomic mass is 16.5. The monoisotopic (exact) mass is 423 g/mol. The molecule has 3 rings (SSSR count). The fourth-order valence-electron chi connectivity index (χ4n) is 3.65. The summed E-state index contributed by atoms with van der Waals surface area (Å²) < 4.78 is 5.26. The first kappa shape index (κ1) is 22.3. The largest absolute Gasteiger partial charge is 0.496 e. The van der Waals surface area contributed by atoms with E-state index in [9.17, 15) is 14.4 Å². The van der Waals surface area contributed by atoms with Crippen molar-refractivity contribution in [2.75, 3.05) is 33.3 Å². The van der Waals surface area contributed by atoms with Crippen LogP contribution in [-0.2, 0) is 4.79 Å². The zero-order valence-corrected chi connectivity index (χ0v) is 18.2. The Kier molecular flexibility index (Phi) is 7.28. The van der Waals surface area contributed by atoms with Gasteiger partial charge in [0.15, 0.2) is 0 Å². The molecule has 1 aliphatic rings. The molecule has 0 aromatic heterocycles. The zero-order valence-electron chi connectivity index (χ0n) is 18.2. The van der Waals surface area contributed by atoms with Crippen LogP contribution in [0.2, 0.25) is 0 Å². The van der Waals surface area contributed by atoms with Crippen LogP contribution in [-0.4, -0.2) is 66.9 Å². The molecule has 2 aromatic carbocycles. The Labute approximate surface area is 183 Å². The number of amides is 3. The van der Waals surface area contributed by atoms with Crippen LogP contribution in [0.25, 0.3) is 0 Å². The minimum absolute atomic E-state index is 0.0300. The molecule has 1 fully saturated rings. The molecule has 0 saturated carbocycles. The van der Waals surface area contributed by atoms with Crippen molar-refractivity contribution in [3.05, 3.63) is 65.7 Å². The number of piperazine rings is 1. The summed E-state index contributed by atoms with van der Waals surface area (Å²) >= 11 is 0. The number of rotatable bonds is 6. The van der Waals surface area contributed by atoms with Gasteiger partial charge in [-0.2, -0.15) is 0 Å². The summed E-state index contributed by atoms with van der Waals surface area (Å²) in [5.41, 5.74) is 1.04. The average Bonchev–Trinajstić information content (AvgIpc) is 2.82. The normalized spacial score (nSPS) is 14.8. The maximum Gasteiger partial charge on any atom is 0.255 e. The summed E-state index contributed by atoms with van der Waals surface area (Å²) in [5, 5.41) is 2.87. The molecule has 0 bridgehead atoms. The van der Waals surface area contributed by atoms with E-state index in [1.165, 1.54) is 7.11 Å². The molecule has 0 spiro atoms. The minimum atomic E-state index is -0.659. The Morgan fingerprint density at radius 1 is 0.871 bits per heavy atom. The predicted molar refractivity (Wildman–Crippen MR) is 118 cm³/mol. The maximum atomic E-state index is 13.2. The third kappa shape index (κ3) is 5.23. The van der Waals surface area contributed by atoms with Crippen molar-refractivity contribution in [3.8, 4) is 5.75 Å². The number of hydrogen-bond acceptors (Lipinski definition) is 4. The maximum absolute atomic E-state index is 13.2. The number of carbonyl (C=O) groups excluding carboxylic acids is 3. The van der Waals surface area contributed by atoms with E-state index in [4.69, 9.17) is 4.74 Å². The lowest BCUT2D eigenvalue weighted by Crippen LogP contribution is -2.57. The van der Waals surface area contributed by atoms with Crippen LogP contribution in [0.3, 0.4) is 0 Å². The van der Waals surface area contributed by atoms with Gasteiger partial charge in [-0.3, -0.25) is 14.4 Å². The number of nitrogens with zero attached hydrogens (tertiary/aromatic N) is 2. The van der Waals surface area contributed by atoms with Crippen LogP contribution in [0.15, 0.2) is 54.6 Å². The van der Waals surface area contributed by atoms with E-state index in [1.807, 2.05) is 32.0 Å². The van der Waals surface area contributed by atoms with Gasteiger partial charge in [0.1, 0.15) is 11.8 Å². The number of para-hydroxylation sites is 1. The lowest BCUT2D eigenvalue weighted by atomic mass is 10.0. The van der Waals surface area contributed by atoms with Gasteiger partial charge in [0.05, 0.1) is 12.7 Å². The summed E-state index contributed by atoms with van der Waals surface area (Å²) in [7, 11) is 1.51. The van der Waals surface area contributed by atoms with E-state index in [-0.39, 0.29) is 23.6 Å². The van der Waals surface area contributed by atoms with Crippen molar-refractivity contribution in [2.45, 2.75) is 19.9 Å². The predicted octanol–water partition coefficient (Wildman–Crippen LogP) is 2.43. The molecule has 2 aromatic rings. The van der Waals surface area contributed by atoms with Crippen LogP contribution in [0.1, 0.15) is 34.6 Å². The van der Waals surface area contributed by atoms with Crippen LogP contribution in [0.5, 0.6) is 5.75 Å². The second-order valence-corrected chi connectivity index (χ2v) is 7.88. The molecule has 0 radical (unpaired) electrons. The molecule has 1 N–H and O–H groups in total. The van der Waals surface area contributed by atoms with Crippen LogP contribution < -0.4 is 10.1 Å². The van der Waals surface area contributed by atoms with Crippen LogP contribution in [0, 0.1) is 5.92 Å². The smallest absolute Gasteiger partial charge is 0.255 e. The molecule has 31 heavy (non-hydrogen) atoms. The zero-order chi connectivity index (χ0) is 22.4. The van der Waals surface area contributed by atoms with Gasteiger partial charge >= 0.3 is 0 Å². The Hall–Kier alpha value is -3.35. The van der Waals surface area contributed by atoms with Gasteiger partial charge in [0.2, 0.25) is 5.91 Å². The third-order valence-corrected chi connectivity index (χ3v) is 5.47. The second-order valence-electron chi connectivity index (χ2n) is 7.88. The molecule has 1 heterocycles. The first-order chi connectivity index (χ1) is 14.9. The lowest BCUT2D eigenvalue weighted by Gasteiger charge is -2.37. The fourth-order valence-corrected chi connectivity index (χ4v) is 3.65. The highest BCUT2D eigenvalue weighted by molar-refractivity contribution is 6.00. The van der Waals surface area contributed by atoms with Gasteiger partial charge in [-0.05, 0) is 30.2 Å². The van der Waals surface area contributed by atoms with E-state index in [0.717, 1.165) is 0 Å². The molecule has 1 atom stereocenters. The van der Waals surface area contributed by atoms with Crippen molar-refractivity contribution in [2.24, 2.45) is 5.92 Å². The molecule has 3 amide bonds. The van der Waals surface area contributed by atoms with E-state index in [2.05, 4.69) is 5.32 Å². The summed E-state index contributed by atoms with van der Waals surface area (Å²) in [5.74, 6) is -0.136. The Morgan fingerprint density at radius 2 is 1.45 bits per heavy atom. The van der Waals surface area contributed by atoms with Crippen molar-refractivity contribution >= 4 is 17.7 Å². The van der Waals surface area contributed by atoms with Crippen molar-refractivity contribution in [3.63, 3.8) is 0 Å². The van der Waals surface area contributed by atoms with Crippen molar-refractivity contribution in [1.82, 2.24) is 15.1 Å². The lowest BCUT2D eigenvalue weighted by molar-refractivity contribution is -0.135. The fraction of sp³-hybridized carbons (Fsp3) is 0.375. The molecule has 0 unspecified atom stereocenters. The number of nitrogens with one attached hydrogen (secondary N) is 1. The minimum Gasteiger partial charge on any atom is -0.496 e. The molecule has 1 saturated heterocycles. The average molecular weight is 424 g/mol. The second kappa shape index (κ2) is 10.1. The topological polar surface area (TPSA) is 79.0 Å². The molecular formula is C24H29N3O4. The third-order valence-electron chi connectivity index (χ3n) is 5.47. The highest BCUT2D eigenvalue weighted by Gasteiger charge is 2.32. The molecule has 0 aliphatic carbocycles. The van der Waals surface area contributed by atoms with E-state index in [0.29, 0.717) is 43.1 Å². The summed E-state index contributed by atoms with van der Waals surface area (Å²) in [6, 6.07) is 15.4. The van der Waals surface area contributed by atoms with Gasteiger partial charge < -0.3 is 19.9 Å². The number of hydrogen-bond donors (Lipinski definition) is 1. The summed E-state index contributed by atoms with van der Waals surface area (Å²) in [6.45, 7) is 5.60. The van der Waals surface area contributed by atoms with Gasteiger partial charge in [-0.1, -0.05) is 44.2 Å². The first-order valence-electron chi connectivity index (χ1n) is 10.5. The molecule has 7 heteroatoms. The molecule has 164 valence electrons. The van der Waals surface area contributed by atoms with Crippen molar-refractivity contribution < 1.29 is 19.1 Å². The number of ether oxygens (including phenoxy) is 1. The van der Waals surface area contributed by atoms with Gasteiger partial charge in [0.25, 0.3) is 11.8 Å². The SMILES string of the molecule is COc1ccccc1C(=O)N[C@H](C(=O)N1CCN(C(=O)c2ccccc2)CC1)C(C)C. The quantitative estimate of drug-likeness (QED) is 0.774. The highest BCUT2D eigenvalue weighted by Crippen LogP contribution is 2.18. The molecular weight excluding hydrogens is 394 g/mol. The van der Waals surface area contributed by atoms with Crippen LogP contribution in [0.4, 0.5) is 0 Å². The van der Waals surface area contributed by atoms with Gasteiger partial charge in [-0.25, -0.2) is 0 Å². The molecule has 7 nitrogen and oxygen atoms in total. The first-order valence-corrected chi connectivity index (χ1v) is 10.5.